The summed E-state index contributed by atoms with van der Waals surface area (Å²) >= 11 is 0. The standard InChI is InChI=1S/C14H21N3O/c1-3-11(7-8-18)17-13-6-5-10(15)9-12(13)16-14(17)4-2/h5-6,9,11,18H,3-4,7-8,15H2,1-2H3. The topological polar surface area (TPSA) is 64.1 Å². The summed E-state index contributed by atoms with van der Waals surface area (Å²) in [5.41, 5.74) is 8.60. The molecule has 0 radical (unpaired) electrons. The summed E-state index contributed by atoms with van der Waals surface area (Å²) in [6.07, 6.45) is 2.64. The van der Waals surface area contributed by atoms with Crippen molar-refractivity contribution in [2.45, 2.75) is 39.2 Å². The predicted octanol–water partition coefficient (Wildman–Crippen LogP) is 2.51. The quantitative estimate of drug-likeness (QED) is 0.798. The van der Waals surface area contributed by atoms with Crippen LogP contribution in [0.4, 0.5) is 5.69 Å². The van der Waals surface area contributed by atoms with Crippen molar-refractivity contribution < 1.29 is 5.11 Å². The number of anilines is 1. The summed E-state index contributed by atoms with van der Waals surface area (Å²) in [6, 6.07) is 6.15. The zero-order valence-electron chi connectivity index (χ0n) is 11.1. The van der Waals surface area contributed by atoms with Gasteiger partial charge in [-0.15, -0.1) is 0 Å². The Bertz CT molecular complexity index is 533. The number of rotatable bonds is 5. The summed E-state index contributed by atoms with van der Waals surface area (Å²) in [6.45, 7) is 4.45. The summed E-state index contributed by atoms with van der Waals surface area (Å²) in [7, 11) is 0. The summed E-state index contributed by atoms with van der Waals surface area (Å²) in [5, 5.41) is 9.19. The smallest absolute Gasteiger partial charge is 0.109 e. The van der Waals surface area contributed by atoms with Gasteiger partial charge >= 0.3 is 0 Å². The van der Waals surface area contributed by atoms with Crippen LogP contribution in [0, 0.1) is 0 Å². The number of imidazole rings is 1. The molecule has 2 rings (SSSR count). The summed E-state index contributed by atoms with van der Waals surface area (Å²) < 4.78 is 2.25. The lowest BCUT2D eigenvalue weighted by Crippen LogP contribution is -2.12. The van der Waals surface area contributed by atoms with Gasteiger partial charge < -0.3 is 15.4 Å². The van der Waals surface area contributed by atoms with E-state index in [1.807, 2.05) is 18.2 Å². The van der Waals surface area contributed by atoms with Gasteiger partial charge in [0.25, 0.3) is 0 Å². The van der Waals surface area contributed by atoms with Crippen molar-refractivity contribution in [1.29, 1.82) is 0 Å². The van der Waals surface area contributed by atoms with Crippen LogP contribution in [0.3, 0.4) is 0 Å². The van der Waals surface area contributed by atoms with Crippen molar-refractivity contribution >= 4 is 16.7 Å². The molecular weight excluding hydrogens is 226 g/mol. The Kier molecular flexibility index (Phi) is 3.87. The van der Waals surface area contributed by atoms with E-state index in [1.54, 1.807) is 0 Å². The summed E-state index contributed by atoms with van der Waals surface area (Å²) in [4.78, 5) is 4.64. The van der Waals surface area contributed by atoms with E-state index < -0.39 is 0 Å². The van der Waals surface area contributed by atoms with Crippen LogP contribution in [0.5, 0.6) is 0 Å². The van der Waals surface area contributed by atoms with Gasteiger partial charge in [0.2, 0.25) is 0 Å². The van der Waals surface area contributed by atoms with Gasteiger partial charge in [0.15, 0.2) is 0 Å². The second kappa shape index (κ2) is 5.40. The van der Waals surface area contributed by atoms with Crippen LogP contribution in [0.25, 0.3) is 11.0 Å². The molecule has 1 aromatic heterocycles. The molecule has 1 aromatic carbocycles. The first-order valence-corrected chi connectivity index (χ1v) is 6.58. The molecule has 18 heavy (non-hydrogen) atoms. The van der Waals surface area contributed by atoms with Crippen molar-refractivity contribution in [3.63, 3.8) is 0 Å². The van der Waals surface area contributed by atoms with E-state index in [0.29, 0.717) is 6.04 Å². The third-order valence-corrected chi connectivity index (χ3v) is 3.40. The second-order valence-electron chi connectivity index (χ2n) is 4.57. The van der Waals surface area contributed by atoms with Crippen molar-refractivity contribution in [2.75, 3.05) is 12.3 Å². The number of nitrogens with zero attached hydrogens (tertiary/aromatic N) is 2. The van der Waals surface area contributed by atoms with Crippen molar-refractivity contribution in [1.82, 2.24) is 9.55 Å². The van der Waals surface area contributed by atoms with Gasteiger partial charge in [-0.3, -0.25) is 0 Å². The molecule has 0 saturated heterocycles. The predicted molar refractivity (Wildman–Crippen MR) is 74.6 cm³/mol. The average molecular weight is 247 g/mol. The molecule has 0 aliphatic heterocycles. The number of aliphatic hydroxyl groups excluding tert-OH is 1. The molecule has 3 N–H and O–H groups in total. The highest BCUT2D eigenvalue weighted by molar-refractivity contribution is 5.79. The van der Waals surface area contributed by atoms with Gasteiger partial charge in [-0.05, 0) is 31.0 Å². The molecule has 98 valence electrons. The molecule has 1 unspecified atom stereocenters. The Morgan fingerprint density at radius 2 is 2.17 bits per heavy atom. The fraction of sp³-hybridized carbons (Fsp3) is 0.500. The highest BCUT2D eigenvalue weighted by atomic mass is 16.3. The maximum Gasteiger partial charge on any atom is 0.109 e. The maximum absolute atomic E-state index is 9.19. The molecule has 0 aliphatic rings. The van der Waals surface area contributed by atoms with Gasteiger partial charge in [0, 0.05) is 24.8 Å². The maximum atomic E-state index is 9.19. The lowest BCUT2D eigenvalue weighted by Gasteiger charge is -2.19. The number of nitrogens with two attached hydrogens (primary N) is 1. The molecule has 0 saturated carbocycles. The minimum atomic E-state index is 0.205. The van der Waals surface area contributed by atoms with Crippen LogP contribution < -0.4 is 5.73 Å². The monoisotopic (exact) mass is 247 g/mol. The van der Waals surface area contributed by atoms with E-state index in [4.69, 9.17) is 5.73 Å². The van der Waals surface area contributed by atoms with Gasteiger partial charge in [-0.2, -0.15) is 0 Å². The fourth-order valence-electron chi connectivity index (χ4n) is 2.49. The molecule has 4 heteroatoms. The SMILES string of the molecule is CCc1nc2cc(N)ccc2n1C(CC)CCO. The Morgan fingerprint density at radius 1 is 1.39 bits per heavy atom. The first-order chi connectivity index (χ1) is 8.71. The Morgan fingerprint density at radius 3 is 2.78 bits per heavy atom. The molecule has 0 fully saturated rings. The van der Waals surface area contributed by atoms with Crippen molar-refractivity contribution in [3.05, 3.63) is 24.0 Å². The minimum Gasteiger partial charge on any atom is -0.399 e. The number of hydrogen-bond donors (Lipinski definition) is 2. The molecule has 4 nitrogen and oxygen atoms in total. The minimum absolute atomic E-state index is 0.205. The molecule has 0 amide bonds. The first-order valence-electron chi connectivity index (χ1n) is 6.58. The highest BCUT2D eigenvalue weighted by Gasteiger charge is 2.16. The lowest BCUT2D eigenvalue weighted by molar-refractivity contribution is 0.255. The largest absolute Gasteiger partial charge is 0.399 e. The van der Waals surface area contributed by atoms with Crippen molar-refractivity contribution in [2.24, 2.45) is 0 Å². The third-order valence-electron chi connectivity index (χ3n) is 3.40. The Balaban J connectivity index is 2.58. The number of hydrogen-bond acceptors (Lipinski definition) is 3. The van der Waals surface area contributed by atoms with Crippen LogP contribution in [0.15, 0.2) is 18.2 Å². The third kappa shape index (κ3) is 2.20. The van der Waals surface area contributed by atoms with Crippen LogP contribution in [-0.4, -0.2) is 21.3 Å². The molecule has 0 bridgehead atoms. The van der Waals surface area contributed by atoms with Crippen LogP contribution in [0.2, 0.25) is 0 Å². The number of fused-ring (bicyclic) bond motifs is 1. The normalized spacial score (nSPS) is 13.1. The van der Waals surface area contributed by atoms with Gasteiger partial charge in [0.1, 0.15) is 5.82 Å². The second-order valence-corrected chi connectivity index (χ2v) is 4.57. The molecule has 1 heterocycles. The molecule has 2 aromatic rings. The lowest BCUT2D eigenvalue weighted by atomic mass is 10.1. The zero-order valence-corrected chi connectivity index (χ0v) is 11.1. The van der Waals surface area contributed by atoms with Gasteiger partial charge in [-0.25, -0.2) is 4.98 Å². The Hall–Kier alpha value is -1.55. The van der Waals surface area contributed by atoms with E-state index in [1.165, 1.54) is 0 Å². The van der Waals surface area contributed by atoms with E-state index in [9.17, 15) is 5.11 Å². The average Bonchev–Trinajstić information content (AvgIpc) is 2.73. The fourth-order valence-corrected chi connectivity index (χ4v) is 2.49. The number of benzene rings is 1. The van der Waals surface area contributed by atoms with Crippen LogP contribution >= 0.6 is 0 Å². The van der Waals surface area contributed by atoms with E-state index in [0.717, 1.165) is 41.8 Å². The first kappa shape index (κ1) is 12.9. The van der Waals surface area contributed by atoms with Gasteiger partial charge in [-0.1, -0.05) is 13.8 Å². The molecule has 1 atom stereocenters. The number of aryl methyl sites for hydroxylation is 1. The molecule has 0 aliphatic carbocycles. The van der Waals surface area contributed by atoms with E-state index in [2.05, 4.69) is 23.4 Å². The van der Waals surface area contributed by atoms with Crippen molar-refractivity contribution in [3.8, 4) is 0 Å². The van der Waals surface area contributed by atoms with Crippen LogP contribution in [0.1, 0.15) is 38.6 Å². The highest BCUT2D eigenvalue weighted by Crippen LogP contribution is 2.26. The number of aliphatic hydroxyl groups is 1. The summed E-state index contributed by atoms with van der Waals surface area (Å²) in [5.74, 6) is 1.07. The number of nitrogen functional groups attached to an aromatic ring is 1. The van der Waals surface area contributed by atoms with E-state index >= 15 is 0 Å². The molecule has 0 spiro atoms. The van der Waals surface area contributed by atoms with Gasteiger partial charge in [0.05, 0.1) is 11.0 Å². The van der Waals surface area contributed by atoms with Crippen LogP contribution in [-0.2, 0) is 6.42 Å². The zero-order chi connectivity index (χ0) is 13.1. The van der Waals surface area contributed by atoms with E-state index in [-0.39, 0.29) is 6.61 Å². The molecular formula is C14H21N3O. The Labute approximate surface area is 107 Å². The number of aromatic nitrogens is 2.